The molecule has 4 rings (SSSR count). The summed E-state index contributed by atoms with van der Waals surface area (Å²) in [4.78, 5) is 25.6. The molecule has 0 atom stereocenters. The molecular formula is C23H23ClFN5O2S. The van der Waals surface area contributed by atoms with E-state index >= 15 is 0 Å². The SMILES string of the molecule is COc1cccc(N2CCN(c3ccnc(SCC(=O)Nc4cc(F)ccc4Cl)n3)CC2)c1. The van der Waals surface area contributed by atoms with Gasteiger partial charge in [-0.15, -0.1) is 0 Å². The van der Waals surface area contributed by atoms with E-state index in [1.807, 2.05) is 24.3 Å². The van der Waals surface area contributed by atoms with Crippen LogP contribution < -0.4 is 19.9 Å². The first-order chi connectivity index (χ1) is 16.0. The van der Waals surface area contributed by atoms with Gasteiger partial charge in [0.15, 0.2) is 5.16 Å². The van der Waals surface area contributed by atoms with E-state index in [0.717, 1.165) is 43.4 Å². The third-order valence-electron chi connectivity index (χ3n) is 5.18. The van der Waals surface area contributed by atoms with Gasteiger partial charge in [-0.25, -0.2) is 14.4 Å². The number of rotatable bonds is 7. The lowest BCUT2D eigenvalue weighted by atomic mass is 10.2. The lowest BCUT2D eigenvalue weighted by Crippen LogP contribution is -2.46. The molecule has 7 nitrogen and oxygen atoms in total. The normalized spacial score (nSPS) is 13.7. The Balaban J connectivity index is 1.31. The number of benzene rings is 2. The number of methoxy groups -OCH3 is 1. The smallest absolute Gasteiger partial charge is 0.234 e. The van der Waals surface area contributed by atoms with Crippen molar-refractivity contribution in [2.45, 2.75) is 5.16 Å². The number of nitrogens with zero attached hydrogens (tertiary/aromatic N) is 4. The summed E-state index contributed by atoms with van der Waals surface area (Å²) in [5.41, 5.74) is 1.38. The van der Waals surface area contributed by atoms with Gasteiger partial charge in [0.05, 0.1) is 23.6 Å². The zero-order chi connectivity index (χ0) is 23.2. The zero-order valence-electron chi connectivity index (χ0n) is 18.0. The molecule has 33 heavy (non-hydrogen) atoms. The van der Waals surface area contributed by atoms with Crippen LogP contribution in [0.3, 0.4) is 0 Å². The van der Waals surface area contributed by atoms with Crippen LogP contribution in [-0.4, -0.2) is 54.9 Å². The maximum atomic E-state index is 13.4. The number of nitrogens with one attached hydrogen (secondary N) is 1. The molecule has 1 aliphatic rings. The molecule has 2 aromatic carbocycles. The fourth-order valence-corrected chi connectivity index (χ4v) is 4.28. The van der Waals surface area contributed by atoms with Crippen molar-refractivity contribution < 1.29 is 13.9 Å². The molecule has 1 aromatic heterocycles. The Labute approximate surface area is 200 Å². The summed E-state index contributed by atoms with van der Waals surface area (Å²) in [6, 6.07) is 13.8. The average molecular weight is 488 g/mol. The number of carbonyl (C=O) groups excluding carboxylic acids is 1. The van der Waals surface area contributed by atoms with Crippen molar-refractivity contribution in [1.29, 1.82) is 0 Å². The number of aromatic nitrogens is 2. The van der Waals surface area contributed by atoms with Crippen molar-refractivity contribution in [3.8, 4) is 5.75 Å². The molecule has 3 aromatic rings. The van der Waals surface area contributed by atoms with E-state index in [9.17, 15) is 9.18 Å². The first-order valence-electron chi connectivity index (χ1n) is 10.4. The second kappa shape index (κ2) is 10.7. The van der Waals surface area contributed by atoms with Gasteiger partial charge in [-0.3, -0.25) is 4.79 Å². The highest BCUT2D eigenvalue weighted by Crippen LogP contribution is 2.25. The highest BCUT2D eigenvalue weighted by atomic mass is 35.5. The van der Waals surface area contributed by atoms with Gasteiger partial charge in [-0.2, -0.15) is 0 Å². The highest BCUT2D eigenvalue weighted by molar-refractivity contribution is 7.99. The summed E-state index contributed by atoms with van der Waals surface area (Å²) < 4.78 is 18.7. The van der Waals surface area contributed by atoms with Crippen LogP contribution in [0.4, 0.5) is 21.6 Å². The summed E-state index contributed by atoms with van der Waals surface area (Å²) in [5.74, 6) is 0.973. The monoisotopic (exact) mass is 487 g/mol. The molecule has 172 valence electrons. The zero-order valence-corrected chi connectivity index (χ0v) is 19.6. The first-order valence-corrected chi connectivity index (χ1v) is 11.7. The Hall–Kier alpha value is -3.04. The molecule has 10 heteroatoms. The summed E-state index contributed by atoms with van der Waals surface area (Å²) in [7, 11) is 1.67. The number of anilines is 3. The Morgan fingerprint density at radius 3 is 2.73 bits per heavy atom. The lowest BCUT2D eigenvalue weighted by molar-refractivity contribution is -0.113. The standard InChI is InChI=1S/C23H23ClFN5O2S/c1-32-18-4-2-3-17(14-18)29-9-11-30(12-10-29)21-7-8-26-23(28-21)33-15-22(31)27-20-13-16(25)5-6-19(20)24/h2-8,13-14H,9-12,15H2,1H3,(H,27,31). The second-order valence-electron chi connectivity index (χ2n) is 7.33. The Morgan fingerprint density at radius 1 is 1.15 bits per heavy atom. The van der Waals surface area contributed by atoms with E-state index in [4.69, 9.17) is 16.3 Å². The van der Waals surface area contributed by atoms with Crippen molar-refractivity contribution in [3.63, 3.8) is 0 Å². The summed E-state index contributed by atoms with van der Waals surface area (Å²) in [6.45, 7) is 3.35. The summed E-state index contributed by atoms with van der Waals surface area (Å²) >= 11 is 7.22. The quantitative estimate of drug-likeness (QED) is 0.392. The molecule has 1 fully saturated rings. The Morgan fingerprint density at radius 2 is 1.94 bits per heavy atom. The fraction of sp³-hybridized carbons (Fsp3) is 0.261. The number of ether oxygens (including phenoxy) is 1. The van der Waals surface area contributed by atoms with Crippen molar-refractivity contribution >= 4 is 46.5 Å². The van der Waals surface area contributed by atoms with Crippen molar-refractivity contribution in [2.75, 3.05) is 54.2 Å². The van der Waals surface area contributed by atoms with Gasteiger partial charge in [0, 0.05) is 44.1 Å². The second-order valence-corrected chi connectivity index (χ2v) is 8.68. The van der Waals surface area contributed by atoms with Crippen LogP contribution >= 0.6 is 23.4 Å². The molecule has 0 saturated carbocycles. The lowest BCUT2D eigenvalue weighted by Gasteiger charge is -2.36. The molecule has 2 heterocycles. The molecule has 1 N–H and O–H groups in total. The van der Waals surface area contributed by atoms with Gasteiger partial charge in [0.25, 0.3) is 0 Å². The fourth-order valence-electron chi connectivity index (χ4n) is 3.49. The van der Waals surface area contributed by atoms with E-state index in [1.54, 1.807) is 13.3 Å². The van der Waals surface area contributed by atoms with E-state index < -0.39 is 5.82 Å². The Bertz CT molecular complexity index is 1130. The molecule has 1 saturated heterocycles. The minimum atomic E-state index is -0.468. The van der Waals surface area contributed by atoms with E-state index in [1.165, 1.54) is 30.0 Å². The van der Waals surface area contributed by atoms with Crippen molar-refractivity contribution in [1.82, 2.24) is 9.97 Å². The molecule has 1 amide bonds. The average Bonchev–Trinajstić information content (AvgIpc) is 2.85. The van der Waals surface area contributed by atoms with E-state index in [-0.39, 0.29) is 22.4 Å². The number of amides is 1. The number of carbonyl (C=O) groups is 1. The van der Waals surface area contributed by atoms with Gasteiger partial charge in [0.2, 0.25) is 5.91 Å². The molecule has 0 bridgehead atoms. The topological polar surface area (TPSA) is 70.6 Å². The number of piperazine rings is 1. The van der Waals surface area contributed by atoms with Crippen LogP contribution in [0, 0.1) is 5.82 Å². The van der Waals surface area contributed by atoms with Gasteiger partial charge in [-0.05, 0) is 36.4 Å². The van der Waals surface area contributed by atoms with E-state index in [0.29, 0.717) is 5.16 Å². The first kappa shape index (κ1) is 23.1. The number of hydrogen-bond acceptors (Lipinski definition) is 7. The van der Waals surface area contributed by atoms with Crippen LogP contribution in [0.25, 0.3) is 0 Å². The largest absolute Gasteiger partial charge is 0.497 e. The third-order valence-corrected chi connectivity index (χ3v) is 6.37. The van der Waals surface area contributed by atoms with Crippen LogP contribution in [0.5, 0.6) is 5.75 Å². The molecule has 0 aliphatic carbocycles. The summed E-state index contributed by atoms with van der Waals surface area (Å²) in [6.07, 6.45) is 1.69. The molecular weight excluding hydrogens is 465 g/mol. The number of hydrogen-bond donors (Lipinski definition) is 1. The number of thioether (sulfide) groups is 1. The van der Waals surface area contributed by atoms with Gasteiger partial charge >= 0.3 is 0 Å². The number of halogens is 2. The predicted molar refractivity (Wildman–Crippen MR) is 130 cm³/mol. The highest BCUT2D eigenvalue weighted by Gasteiger charge is 2.19. The molecule has 0 spiro atoms. The summed E-state index contributed by atoms with van der Waals surface area (Å²) in [5, 5.41) is 3.40. The van der Waals surface area contributed by atoms with Crippen molar-refractivity contribution in [3.05, 3.63) is 65.6 Å². The molecule has 0 radical (unpaired) electrons. The molecule has 1 aliphatic heterocycles. The van der Waals surface area contributed by atoms with Gasteiger partial charge in [-0.1, -0.05) is 29.4 Å². The minimum Gasteiger partial charge on any atom is -0.497 e. The van der Waals surface area contributed by atoms with Crippen LogP contribution in [-0.2, 0) is 4.79 Å². The minimum absolute atomic E-state index is 0.0832. The van der Waals surface area contributed by atoms with Gasteiger partial charge < -0.3 is 19.9 Å². The van der Waals surface area contributed by atoms with Crippen LogP contribution in [0.1, 0.15) is 0 Å². The maximum Gasteiger partial charge on any atom is 0.234 e. The predicted octanol–water partition coefficient (Wildman–Crippen LogP) is 4.34. The van der Waals surface area contributed by atoms with Gasteiger partial charge in [0.1, 0.15) is 17.4 Å². The van der Waals surface area contributed by atoms with Crippen molar-refractivity contribution in [2.24, 2.45) is 0 Å². The van der Waals surface area contributed by atoms with Crippen LogP contribution in [0.2, 0.25) is 5.02 Å². The van der Waals surface area contributed by atoms with E-state index in [2.05, 4.69) is 31.2 Å². The maximum absolute atomic E-state index is 13.4. The Kier molecular flexibility index (Phi) is 7.51. The van der Waals surface area contributed by atoms with Crippen LogP contribution in [0.15, 0.2) is 59.9 Å². The third kappa shape index (κ3) is 6.06. The molecule has 0 unspecified atom stereocenters.